The van der Waals surface area contributed by atoms with Crippen LogP contribution in [0, 0.1) is 0 Å². The van der Waals surface area contributed by atoms with E-state index in [0.717, 1.165) is 6.54 Å². The Kier molecular flexibility index (Phi) is 2.48. The van der Waals surface area contributed by atoms with E-state index in [0.29, 0.717) is 5.54 Å². The zero-order valence-electron chi connectivity index (χ0n) is 8.41. The Morgan fingerprint density at radius 1 is 1.21 bits per heavy atom. The van der Waals surface area contributed by atoms with Crippen LogP contribution in [0.4, 0.5) is 0 Å². The van der Waals surface area contributed by atoms with Crippen molar-refractivity contribution in [1.29, 1.82) is 0 Å². The van der Waals surface area contributed by atoms with Gasteiger partial charge in [0.25, 0.3) is 0 Å². The number of rotatable bonds is 2. The van der Waals surface area contributed by atoms with Gasteiger partial charge in [-0.25, -0.2) is 4.79 Å². The number of carboxylic acid groups (broad SMARTS) is 1. The van der Waals surface area contributed by atoms with Crippen LogP contribution in [0.25, 0.3) is 0 Å². The summed E-state index contributed by atoms with van der Waals surface area (Å²) >= 11 is 0. The average Bonchev–Trinajstić information content (AvgIpc) is 2.74. The van der Waals surface area contributed by atoms with Crippen molar-refractivity contribution in [2.45, 2.75) is 44.1 Å². The van der Waals surface area contributed by atoms with Gasteiger partial charge in [0.2, 0.25) is 0 Å². The fourth-order valence-electron chi connectivity index (χ4n) is 2.92. The molecular weight excluding hydrogens is 178 g/mol. The summed E-state index contributed by atoms with van der Waals surface area (Å²) in [6.07, 6.45) is 10.6. The number of carboxylic acids is 1. The first-order valence-electron chi connectivity index (χ1n) is 5.41. The minimum Gasteiger partial charge on any atom is -0.478 e. The van der Waals surface area contributed by atoms with Crippen LogP contribution in [-0.4, -0.2) is 28.1 Å². The second kappa shape index (κ2) is 3.64. The van der Waals surface area contributed by atoms with Crippen LogP contribution in [0.15, 0.2) is 12.3 Å². The Morgan fingerprint density at radius 3 is 2.50 bits per heavy atom. The van der Waals surface area contributed by atoms with Gasteiger partial charge < -0.3 is 10.0 Å². The highest BCUT2D eigenvalue weighted by atomic mass is 16.4. The molecule has 0 bridgehead atoms. The van der Waals surface area contributed by atoms with Crippen molar-refractivity contribution >= 4 is 5.97 Å². The van der Waals surface area contributed by atoms with Crippen molar-refractivity contribution in [2.75, 3.05) is 6.54 Å². The smallest absolute Gasteiger partial charge is 0.329 e. The van der Waals surface area contributed by atoms with Gasteiger partial charge in [0, 0.05) is 24.4 Å². The maximum Gasteiger partial charge on any atom is 0.329 e. The summed E-state index contributed by atoms with van der Waals surface area (Å²) < 4.78 is 0. The van der Waals surface area contributed by atoms with Crippen molar-refractivity contribution in [2.24, 2.45) is 0 Å². The molecule has 0 aromatic heterocycles. The quantitative estimate of drug-likeness (QED) is 0.685. The second-order valence-corrected chi connectivity index (χ2v) is 4.38. The molecule has 0 unspecified atom stereocenters. The molecular formula is C11H17NO2. The lowest BCUT2D eigenvalue weighted by molar-refractivity contribution is -0.131. The molecule has 1 saturated carbocycles. The summed E-state index contributed by atoms with van der Waals surface area (Å²) in [5.74, 6) is -0.843. The summed E-state index contributed by atoms with van der Waals surface area (Å²) in [5.41, 5.74) is 0.325. The van der Waals surface area contributed by atoms with E-state index in [9.17, 15) is 4.79 Å². The molecule has 14 heavy (non-hydrogen) atoms. The van der Waals surface area contributed by atoms with Crippen LogP contribution in [0.1, 0.15) is 38.5 Å². The number of hydrogen-bond acceptors (Lipinski definition) is 2. The van der Waals surface area contributed by atoms with Gasteiger partial charge in [-0.1, -0.05) is 12.8 Å². The topological polar surface area (TPSA) is 40.5 Å². The first kappa shape index (κ1) is 9.56. The minimum absolute atomic E-state index is 0.325. The standard InChI is InChI=1S/C11H17NO2/c13-10(14)4-9-12-8-3-7-11(12)5-1-2-6-11/h4,9H,1-3,5-8H2,(H,13,14)/b9-4+. The molecule has 0 amide bonds. The van der Waals surface area contributed by atoms with Gasteiger partial charge in [-0.3, -0.25) is 0 Å². The molecule has 2 aliphatic rings. The van der Waals surface area contributed by atoms with E-state index in [-0.39, 0.29) is 0 Å². The molecule has 1 N–H and O–H groups in total. The number of hydrogen-bond donors (Lipinski definition) is 1. The molecule has 2 fully saturated rings. The van der Waals surface area contributed by atoms with Gasteiger partial charge in [-0.05, 0) is 25.7 Å². The molecule has 1 heterocycles. The van der Waals surface area contributed by atoms with Crippen LogP contribution in [0.2, 0.25) is 0 Å². The van der Waals surface area contributed by atoms with Gasteiger partial charge in [0.05, 0.1) is 0 Å². The van der Waals surface area contributed by atoms with Crippen molar-refractivity contribution < 1.29 is 9.90 Å². The van der Waals surface area contributed by atoms with Crippen LogP contribution >= 0.6 is 0 Å². The molecule has 1 aliphatic carbocycles. The molecule has 1 aliphatic heterocycles. The van der Waals surface area contributed by atoms with Crippen LogP contribution in [-0.2, 0) is 4.79 Å². The summed E-state index contributed by atoms with van der Waals surface area (Å²) in [6, 6.07) is 0. The molecule has 0 radical (unpaired) electrons. The van der Waals surface area contributed by atoms with E-state index in [1.807, 2.05) is 0 Å². The molecule has 78 valence electrons. The van der Waals surface area contributed by atoms with Crippen LogP contribution < -0.4 is 0 Å². The Bertz CT molecular complexity index is 249. The number of likely N-dealkylation sites (tertiary alicyclic amines) is 1. The molecule has 1 saturated heterocycles. The van der Waals surface area contributed by atoms with E-state index in [4.69, 9.17) is 5.11 Å². The summed E-state index contributed by atoms with van der Waals surface area (Å²) in [6.45, 7) is 1.03. The third-order valence-corrected chi connectivity index (χ3v) is 3.58. The average molecular weight is 195 g/mol. The zero-order valence-corrected chi connectivity index (χ0v) is 8.41. The van der Waals surface area contributed by atoms with E-state index in [1.54, 1.807) is 6.20 Å². The Hall–Kier alpha value is -0.990. The SMILES string of the molecule is O=C(O)/C=C/N1CCCC12CCCC2. The second-order valence-electron chi connectivity index (χ2n) is 4.38. The maximum absolute atomic E-state index is 10.4. The van der Waals surface area contributed by atoms with Crippen molar-refractivity contribution in [3.05, 3.63) is 12.3 Å². The van der Waals surface area contributed by atoms with Crippen LogP contribution in [0.5, 0.6) is 0 Å². The van der Waals surface area contributed by atoms with Gasteiger partial charge >= 0.3 is 5.97 Å². The summed E-state index contributed by atoms with van der Waals surface area (Å²) in [4.78, 5) is 12.7. The molecule has 3 nitrogen and oxygen atoms in total. The van der Waals surface area contributed by atoms with Gasteiger partial charge in [-0.2, -0.15) is 0 Å². The Labute approximate surface area is 84.4 Å². The third kappa shape index (κ3) is 1.63. The normalized spacial score (nSPS) is 25.3. The van der Waals surface area contributed by atoms with Crippen molar-refractivity contribution in [3.63, 3.8) is 0 Å². The predicted molar refractivity (Wildman–Crippen MR) is 53.9 cm³/mol. The van der Waals surface area contributed by atoms with E-state index < -0.39 is 5.97 Å². The monoisotopic (exact) mass is 195 g/mol. The fraction of sp³-hybridized carbons (Fsp3) is 0.727. The summed E-state index contributed by atoms with van der Waals surface area (Å²) in [5, 5.41) is 8.59. The fourth-order valence-corrected chi connectivity index (χ4v) is 2.92. The predicted octanol–water partition coefficient (Wildman–Crippen LogP) is 1.99. The Morgan fingerprint density at radius 2 is 1.86 bits per heavy atom. The van der Waals surface area contributed by atoms with E-state index in [2.05, 4.69) is 4.90 Å². The van der Waals surface area contributed by atoms with Crippen LogP contribution in [0.3, 0.4) is 0 Å². The number of carbonyl (C=O) groups is 1. The summed E-state index contributed by atoms with van der Waals surface area (Å²) in [7, 11) is 0. The van der Waals surface area contributed by atoms with Gasteiger partial charge in [0.15, 0.2) is 0 Å². The van der Waals surface area contributed by atoms with Gasteiger partial charge in [0.1, 0.15) is 0 Å². The molecule has 0 aromatic rings. The molecule has 2 rings (SSSR count). The molecule has 1 spiro atoms. The van der Waals surface area contributed by atoms with E-state index in [1.165, 1.54) is 44.6 Å². The first-order valence-corrected chi connectivity index (χ1v) is 5.41. The van der Waals surface area contributed by atoms with Gasteiger partial charge in [-0.15, -0.1) is 0 Å². The lowest BCUT2D eigenvalue weighted by atomic mass is 9.94. The first-order chi connectivity index (χ1) is 6.73. The largest absolute Gasteiger partial charge is 0.478 e. The number of aliphatic carboxylic acids is 1. The van der Waals surface area contributed by atoms with E-state index >= 15 is 0 Å². The Balaban J connectivity index is 2.06. The highest BCUT2D eigenvalue weighted by Gasteiger charge is 2.41. The highest BCUT2D eigenvalue weighted by Crippen LogP contribution is 2.43. The molecule has 0 aromatic carbocycles. The minimum atomic E-state index is -0.843. The maximum atomic E-state index is 10.4. The van der Waals surface area contributed by atoms with Crippen molar-refractivity contribution in [1.82, 2.24) is 4.90 Å². The lowest BCUT2D eigenvalue weighted by Gasteiger charge is -2.34. The zero-order chi connectivity index (χ0) is 10.0. The molecule has 3 heteroatoms. The third-order valence-electron chi connectivity index (χ3n) is 3.58. The van der Waals surface area contributed by atoms with Crippen molar-refractivity contribution in [3.8, 4) is 0 Å². The lowest BCUT2D eigenvalue weighted by Crippen LogP contribution is -2.37. The molecule has 0 atom stereocenters. The number of nitrogens with zero attached hydrogens (tertiary/aromatic N) is 1. The highest BCUT2D eigenvalue weighted by molar-refractivity contribution is 5.79.